The van der Waals surface area contributed by atoms with Gasteiger partial charge in [0, 0.05) is 31.8 Å². The van der Waals surface area contributed by atoms with E-state index in [2.05, 4.69) is 26.1 Å². The van der Waals surface area contributed by atoms with Crippen molar-refractivity contribution in [1.82, 2.24) is 9.88 Å². The molecular weight excluding hydrogens is 252 g/mol. The Morgan fingerprint density at radius 1 is 1.45 bits per heavy atom. The molecule has 1 aliphatic heterocycles. The topological polar surface area (TPSA) is 43.3 Å². The molecule has 0 aliphatic carbocycles. The van der Waals surface area contributed by atoms with Gasteiger partial charge >= 0.3 is 0 Å². The fourth-order valence-corrected chi connectivity index (χ4v) is 2.96. The molecule has 4 heteroatoms. The molecule has 1 N–H and O–H groups in total. The highest BCUT2D eigenvalue weighted by Crippen LogP contribution is 2.34. The molecule has 20 heavy (non-hydrogen) atoms. The van der Waals surface area contributed by atoms with E-state index in [1.807, 2.05) is 30.7 Å². The van der Waals surface area contributed by atoms with Crippen LogP contribution in [-0.4, -0.2) is 29.7 Å². The zero-order valence-corrected chi connectivity index (χ0v) is 13.2. The van der Waals surface area contributed by atoms with Crippen LogP contribution in [0.15, 0.2) is 12.1 Å². The van der Waals surface area contributed by atoms with E-state index in [1.165, 1.54) is 0 Å². The smallest absolute Gasteiger partial charge is 0.267 e. The van der Waals surface area contributed by atoms with Crippen molar-refractivity contribution in [1.29, 1.82) is 0 Å². The third kappa shape index (κ3) is 3.06. The van der Waals surface area contributed by atoms with Gasteiger partial charge in [0.05, 0.1) is 6.10 Å². The predicted octanol–water partition coefficient (Wildman–Crippen LogP) is 2.51. The average Bonchev–Trinajstić information content (AvgIpc) is 2.94. The number of amides is 1. The highest BCUT2D eigenvalue weighted by Gasteiger charge is 2.37. The second-order valence-electron chi connectivity index (χ2n) is 6.84. The normalized spacial score (nSPS) is 23.1. The molecule has 0 saturated carbocycles. The summed E-state index contributed by atoms with van der Waals surface area (Å²) in [6.45, 7) is 10.1. The molecule has 0 bridgehead atoms. The van der Waals surface area contributed by atoms with Crippen molar-refractivity contribution in [3.05, 3.63) is 23.5 Å². The van der Waals surface area contributed by atoms with Crippen LogP contribution in [0, 0.1) is 18.3 Å². The Labute approximate surface area is 121 Å². The number of hydrogen-bond donors (Lipinski definition) is 1. The third-order valence-electron chi connectivity index (χ3n) is 4.20. The van der Waals surface area contributed by atoms with Crippen molar-refractivity contribution in [2.75, 3.05) is 13.2 Å². The Morgan fingerprint density at radius 2 is 2.15 bits per heavy atom. The summed E-state index contributed by atoms with van der Waals surface area (Å²) in [6.07, 6.45) is 1.24. The van der Waals surface area contributed by atoms with E-state index in [-0.39, 0.29) is 17.4 Å². The maximum absolute atomic E-state index is 12.2. The third-order valence-corrected chi connectivity index (χ3v) is 4.20. The van der Waals surface area contributed by atoms with Crippen molar-refractivity contribution in [3.63, 3.8) is 0 Å². The van der Waals surface area contributed by atoms with Gasteiger partial charge in [-0.05, 0) is 30.9 Å². The van der Waals surface area contributed by atoms with Crippen molar-refractivity contribution < 1.29 is 9.53 Å². The monoisotopic (exact) mass is 278 g/mol. The van der Waals surface area contributed by atoms with Crippen molar-refractivity contribution in [3.8, 4) is 0 Å². The van der Waals surface area contributed by atoms with Crippen LogP contribution in [0.25, 0.3) is 0 Å². The molecule has 0 radical (unpaired) electrons. The van der Waals surface area contributed by atoms with Crippen LogP contribution in [-0.2, 0) is 11.8 Å². The fraction of sp³-hybridized carbons (Fsp3) is 0.688. The first-order valence-corrected chi connectivity index (χ1v) is 7.33. The number of rotatable bonds is 3. The van der Waals surface area contributed by atoms with Gasteiger partial charge in [0.2, 0.25) is 0 Å². The van der Waals surface area contributed by atoms with E-state index in [0.29, 0.717) is 18.2 Å². The number of nitrogens with zero attached hydrogens (tertiary/aromatic N) is 1. The molecule has 1 fully saturated rings. The first-order valence-electron chi connectivity index (χ1n) is 7.33. The van der Waals surface area contributed by atoms with Crippen molar-refractivity contribution >= 4 is 5.91 Å². The SMILES string of the molecule is Cc1ccc(C(=O)NC[C@H]2CCO[C@@H]2C(C)(C)C)n1C. The minimum atomic E-state index is 0.000147. The summed E-state index contributed by atoms with van der Waals surface area (Å²) >= 11 is 0. The van der Waals surface area contributed by atoms with Crippen LogP contribution in [0.1, 0.15) is 43.4 Å². The number of ether oxygens (including phenoxy) is 1. The van der Waals surface area contributed by atoms with Crippen LogP contribution < -0.4 is 5.32 Å². The zero-order valence-electron chi connectivity index (χ0n) is 13.2. The highest BCUT2D eigenvalue weighted by atomic mass is 16.5. The standard InChI is InChI=1S/C16H26N2O2/c1-11-6-7-13(18(11)5)15(19)17-10-12-8-9-20-14(12)16(2,3)4/h6-7,12,14H,8-10H2,1-5H3,(H,17,19)/t12-,14+/m1/s1. The van der Waals surface area contributed by atoms with Gasteiger partial charge in [-0.3, -0.25) is 4.79 Å². The molecule has 1 aromatic rings. The van der Waals surface area contributed by atoms with Gasteiger partial charge in [0.25, 0.3) is 5.91 Å². The lowest BCUT2D eigenvalue weighted by Crippen LogP contribution is -2.39. The minimum absolute atomic E-state index is 0.000147. The van der Waals surface area contributed by atoms with Crippen LogP contribution in [0.2, 0.25) is 0 Å². The molecule has 4 nitrogen and oxygen atoms in total. The zero-order chi connectivity index (χ0) is 14.9. The van der Waals surface area contributed by atoms with Crippen molar-refractivity contribution in [2.45, 2.75) is 40.2 Å². The van der Waals surface area contributed by atoms with Gasteiger partial charge in [0.15, 0.2) is 0 Å². The molecule has 0 unspecified atom stereocenters. The van der Waals surface area contributed by atoms with Crippen LogP contribution in [0.4, 0.5) is 0 Å². The molecule has 1 amide bonds. The summed E-state index contributed by atoms with van der Waals surface area (Å²) in [7, 11) is 1.92. The molecule has 112 valence electrons. The first-order chi connectivity index (χ1) is 9.30. The predicted molar refractivity (Wildman–Crippen MR) is 79.8 cm³/mol. The summed E-state index contributed by atoms with van der Waals surface area (Å²) in [5.41, 5.74) is 1.92. The number of nitrogens with one attached hydrogen (secondary N) is 1. The minimum Gasteiger partial charge on any atom is -0.377 e. The Balaban J connectivity index is 1.95. The average molecular weight is 278 g/mol. The second kappa shape index (κ2) is 5.60. The van der Waals surface area contributed by atoms with E-state index in [1.54, 1.807) is 0 Å². The van der Waals surface area contributed by atoms with E-state index in [0.717, 1.165) is 18.7 Å². The molecule has 1 saturated heterocycles. The van der Waals surface area contributed by atoms with Gasteiger partial charge in [-0.25, -0.2) is 0 Å². The van der Waals surface area contributed by atoms with Gasteiger partial charge in [0.1, 0.15) is 5.69 Å². The molecule has 2 rings (SSSR count). The number of aromatic nitrogens is 1. The summed E-state index contributed by atoms with van der Waals surface area (Å²) in [6, 6.07) is 3.84. The maximum Gasteiger partial charge on any atom is 0.267 e. The summed E-state index contributed by atoms with van der Waals surface area (Å²) in [5.74, 6) is 0.403. The molecule has 1 aromatic heterocycles. The Morgan fingerprint density at radius 3 is 2.70 bits per heavy atom. The van der Waals surface area contributed by atoms with E-state index >= 15 is 0 Å². The van der Waals surface area contributed by atoms with Gasteiger partial charge in [-0.1, -0.05) is 20.8 Å². The molecule has 2 atom stereocenters. The van der Waals surface area contributed by atoms with Crippen LogP contribution in [0.3, 0.4) is 0 Å². The lowest BCUT2D eigenvalue weighted by Gasteiger charge is -2.31. The summed E-state index contributed by atoms with van der Waals surface area (Å²) < 4.78 is 7.76. The molecule has 0 spiro atoms. The summed E-state index contributed by atoms with van der Waals surface area (Å²) in [4.78, 5) is 12.2. The van der Waals surface area contributed by atoms with Crippen LogP contribution in [0.5, 0.6) is 0 Å². The number of carbonyl (C=O) groups excluding carboxylic acids is 1. The Hall–Kier alpha value is -1.29. The maximum atomic E-state index is 12.2. The van der Waals surface area contributed by atoms with E-state index in [9.17, 15) is 4.79 Å². The largest absolute Gasteiger partial charge is 0.377 e. The molecule has 1 aliphatic rings. The fourth-order valence-electron chi connectivity index (χ4n) is 2.96. The van der Waals surface area contributed by atoms with Crippen LogP contribution >= 0.6 is 0 Å². The quantitative estimate of drug-likeness (QED) is 0.923. The number of aryl methyl sites for hydroxylation is 1. The molecular formula is C16H26N2O2. The van der Waals surface area contributed by atoms with E-state index < -0.39 is 0 Å². The Kier molecular flexibility index (Phi) is 4.23. The van der Waals surface area contributed by atoms with Gasteiger partial charge < -0.3 is 14.6 Å². The number of hydrogen-bond acceptors (Lipinski definition) is 2. The van der Waals surface area contributed by atoms with E-state index in [4.69, 9.17) is 4.74 Å². The summed E-state index contributed by atoms with van der Waals surface area (Å²) in [5, 5.41) is 3.06. The number of carbonyl (C=O) groups is 1. The Bertz CT molecular complexity index is 485. The lowest BCUT2D eigenvalue weighted by atomic mass is 9.81. The first kappa shape index (κ1) is 15.1. The molecule has 0 aromatic carbocycles. The molecule has 2 heterocycles. The lowest BCUT2D eigenvalue weighted by molar-refractivity contribution is 0.00735. The van der Waals surface area contributed by atoms with Crippen molar-refractivity contribution in [2.24, 2.45) is 18.4 Å². The highest BCUT2D eigenvalue weighted by molar-refractivity contribution is 5.92. The second-order valence-corrected chi connectivity index (χ2v) is 6.84. The van der Waals surface area contributed by atoms with Gasteiger partial charge in [-0.15, -0.1) is 0 Å². The van der Waals surface area contributed by atoms with Gasteiger partial charge in [-0.2, -0.15) is 0 Å².